The van der Waals surface area contributed by atoms with Crippen LogP contribution in [0.25, 0.3) is 0 Å². The van der Waals surface area contributed by atoms with Gasteiger partial charge in [-0.15, -0.1) is 0 Å². The van der Waals surface area contributed by atoms with Crippen molar-refractivity contribution in [3.05, 3.63) is 106 Å². The molecule has 3 aromatic rings. The SMILES string of the molecule is CCCCC(NCCc1ccccc1)c1ccc(OCc2ccccc2)c([N+](=O)[O-])c1. The van der Waals surface area contributed by atoms with Gasteiger partial charge < -0.3 is 10.1 Å². The number of ether oxygens (including phenoxy) is 1. The highest BCUT2D eigenvalue weighted by Gasteiger charge is 2.20. The van der Waals surface area contributed by atoms with Crippen molar-refractivity contribution in [1.29, 1.82) is 0 Å². The summed E-state index contributed by atoms with van der Waals surface area (Å²) in [6.07, 6.45) is 4.00. The molecule has 0 saturated carbocycles. The lowest BCUT2D eigenvalue weighted by Gasteiger charge is -2.20. The van der Waals surface area contributed by atoms with Crippen LogP contribution in [0.5, 0.6) is 5.75 Å². The number of rotatable bonds is 12. The normalized spacial score (nSPS) is 11.8. The van der Waals surface area contributed by atoms with E-state index in [1.807, 2.05) is 54.6 Å². The molecule has 1 N–H and O–H groups in total. The first-order valence-corrected chi connectivity index (χ1v) is 10.9. The van der Waals surface area contributed by atoms with Crippen molar-refractivity contribution in [2.24, 2.45) is 0 Å². The van der Waals surface area contributed by atoms with Gasteiger partial charge in [0.15, 0.2) is 5.75 Å². The van der Waals surface area contributed by atoms with Crippen LogP contribution in [-0.2, 0) is 13.0 Å². The van der Waals surface area contributed by atoms with Gasteiger partial charge in [-0.25, -0.2) is 0 Å². The molecule has 0 spiro atoms. The number of nitro benzene ring substituents is 1. The maximum absolute atomic E-state index is 11.7. The summed E-state index contributed by atoms with van der Waals surface area (Å²) < 4.78 is 5.78. The molecule has 5 heteroatoms. The molecular formula is C26H30N2O3. The third kappa shape index (κ3) is 6.93. The number of hydrogen-bond donors (Lipinski definition) is 1. The molecule has 31 heavy (non-hydrogen) atoms. The third-order valence-corrected chi connectivity index (χ3v) is 5.31. The van der Waals surface area contributed by atoms with Crippen LogP contribution in [0, 0.1) is 10.1 Å². The molecule has 0 saturated heterocycles. The Balaban J connectivity index is 1.71. The summed E-state index contributed by atoms with van der Waals surface area (Å²) in [6.45, 7) is 3.28. The van der Waals surface area contributed by atoms with Crippen LogP contribution in [0.1, 0.15) is 48.9 Å². The number of hydrogen-bond acceptors (Lipinski definition) is 4. The van der Waals surface area contributed by atoms with Gasteiger partial charge in [0.2, 0.25) is 0 Å². The molecule has 0 aliphatic heterocycles. The summed E-state index contributed by atoms with van der Waals surface area (Å²) >= 11 is 0. The van der Waals surface area contributed by atoms with Crippen LogP contribution in [-0.4, -0.2) is 11.5 Å². The van der Waals surface area contributed by atoms with E-state index in [1.165, 1.54) is 5.56 Å². The second-order valence-electron chi connectivity index (χ2n) is 7.64. The van der Waals surface area contributed by atoms with Gasteiger partial charge in [-0.3, -0.25) is 10.1 Å². The quantitative estimate of drug-likeness (QED) is 0.279. The van der Waals surface area contributed by atoms with Gasteiger partial charge in [-0.1, -0.05) is 86.5 Å². The number of benzene rings is 3. The van der Waals surface area contributed by atoms with Gasteiger partial charge in [0.05, 0.1) is 4.92 Å². The fraction of sp³-hybridized carbons (Fsp3) is 0.308. The van der Waals surface area contributed by atoms with E-state index < -0.39 is 0 Å². The fourth-order valence-electron chi connectivity index (χ4n) is 3.58. The van der Waals surface area contributed by atoms with Gasteiger partial charge in [0, 0.05) is 12.1 Å². The number of nitro groups is 1. The Morgan fingerprint density at radius 1 is 0.968 bits per heavy atom. The third-order valence-electron chi connectivity index (χ3n) is 5.31. The summed E-state index contributed by atoms with van der Waals surface area (Å²) in [4.78, 5) is 11.4. The van der Waals surface area contributed by atoms with Crippen LogP contribution < -0.4 is 10.1 Å². The van der Waals surface area contributed by atoms with Crippen LogP contribution in [0.15, 0.2) is 78.9 Å². The lowest BCUT2D eigenvalue weighted by molar-refractivity contribution is -0.386. The van der Waals surface area contributed by atoms with Gasteiger partial charge in [0.1, 0.15) is 6.61 Å². The predicted octanol–water partition coefficient (Wildman–Crippen LogP) is 6.24. The minimum absolute atomic E-state index is 0.0137. The van der Waals surface area contributed by atoms with Gasteiger partial charge in [0.25, 0.3) is 0 Å². The minimum atomic E-state index is -0.356. The molecule has 0 aromatic heterocycles. The Morgan fingerprint density at radius 2 is 1.65 bits per heavy atom. The first-order chi connectivity index (χ1) is 15.2. The average molecular weight is 419 g/mol. The summed E-state index contributed by atoms with van der Waals surface area (Å²) in [5.41, 5.74) is 3.20. The maximum Gasteiger partial charge on any atom is 0.311 e. The highest BCUT2D eigenvalue weighted by atomic mass is 16.6. The van der Waals surface area contributed by atoms with E-state index in [0.29, 0.717) is 12.4 Å². The Hall–Kier alpha value is -3.18. The monoisotopic (exact) mass is 418 g/mol. The molecule has 3 aromatic carbocycles. The Bertz CT molecular complexity index is 945. The molecule has 0 heterocycles. The van der Waals surface area contributed by atoms with E-state index in [4.69, 9.17) is 4.74 Å². The molecule has 3 rings (SSSR count). The molecule has 0 aliphatic carbocycles. The highest BCUT2D eigenvalue weighted by molar-refractivity contribution is 5.49. The standard InChI is InChI=1S/C26H30N2O3/c1-2-3-14-24(27-18-17-21-10-6-4-7-11-21)23-15-16-26(25(19-23)28(29)30)31-20-22-12-8-5-9-13-22/h4-13,15-16,19,24,27H,2-3,14,17-18,20H2,1H3. The Kier molecular flexibility index (Phi) is 8.61. The molecule has 0 amide bonds. The van der Waals surface area contributed by atoms with Crippen molar-refractivity contribution < 1.29 is 9.66 Å². The van der Waals surface area contributed by atoms with E-state index in [1.54, 1.807) is 12.1 Å². The van der Waals surface area contributed by atoms with Crippen LogP contribution in [0.2, 0.25) is 0 Å². The van der Waals surface area contributed by atoms with Crippen molar-refractivity contribution in [2.75, 3.05) is 6.54 Å². The van der Waals surface area contributed by atoms with Crippen molar-refractivity contribution >= 4 is 5.69 Å². The first-order valence-electron chi connectivity index (χ1n) is 10.9. The molecule has 5 nitrogen and oxygen atoms in total. The van der Waals surface area contributed by atoms with Crippen molar-refractivity contribution in [2.45, 2.75) is 45.3 Å². The highest BCUT2D eigenvalue weighted by Crippen LogP contribution is 2.32. The maximum atomic E-state index is 11.7. The summed E-state index contributed by atoms with van der Waals surface area (Å²) in [5.74, 6) is 0.302. The lowest BCUT2D eigenvalue weighted by atomic mass is 9.99. The number of unbranched alkanes of at least 4 members (excludes halogenated alkanes) is 1. The fourth-order valence-corrected chi connectivity index (χ4v) is 3.58. The molecule has 1 atom stereocenters. The second-order valence-corrected chi connectivity index (χ2v) is 7.64. The molecule has 162 valence electrons. The van der Waals surface area contributed by atoms with Crippen LogP contribution in [0.4, 0.5) is 5.69 Å². The van der Waals surface area contributed by atoms with E-state index in [9.17, 15) is 10.1 Å². The van der Waals surface area contributed by atoms with Crippen LogP contribution in [0.3, 0.4) is 0 Å². The Morgan fingerprint density at radius 3 is 2.29 bits per heavy atom. The second kappa shape index (κ2) is 11.9. The summed E-state index contributed by atoms with van der Waals surface area (Å²) in [6, 6.07) is 25.4. The average Bonchev–Trinajstić information content (AvgIpc) is 2.81. The van der Waals surface area contributed by atoms with Gasteiger partial charge in [-0.2, -0.15) is 0 Å². The first kappa shape index (κ1) is 22.5. The predicted molar refractivity (Wildman–Crippen MR) is 124 cm³/mol. The number of nitrogens with zero attached hydrogens (tertiary/aromatic N) is 1. The minimum Gasteiger partial charge on any atom is -0.482 e. The van der Waals surface area contributed by atoms with E-state index in [2.05, 4.69) is 24.4 Å². The zero-order valence-corrected chi connectivity index (χ0v) is 18.0. The molecular weight excluding hydrogens is 388 g/mol. The number of nitrogens with one attached hydrogen (secondary N) is 1. The molecule has 0 aliphatic rings. The summed E-state index contributed by atoms with van der Waals surface area (Å²) in [7, 11) is 0. The largest absolute Gasteiger partial charge is 0.482 e. The van der Waals surface area contributed by atoms with Gasteiger partial charge >= 0.3 is 5.69 Å². The molecule has 1 unspecified atom stereocenters. The topological polar surface area (TPSA) is 64.4 Å². The molecule has 0 fully saturated rings. The zero-order chi connectivity index (χ0) is 21.9. The Labute approximate surface area is 184 Å². The van der Waals surface area contributed by atoms with E-state index >= 15 is 0 Å². The summed E-state index contributed by atoms with van der Waals surface area (Å²) in [5, 5.41) is 15.3. The van der Waals surface area contributed by atoms with E-state index in [-0.39, 0.29) is 16.7 Å². The van der Waals surface area contributed by atoms with Crippen molar-refractivity contribution in [3.8, 4) is 5.75 Å². The van der Waals surface area contributed by atoms with Crippen molar-refractivity contribution in [1.82, 2.24) is 5.32 Å². The lowest BCUT2D eigenvalue weighted by Crippen LogP contribution is -2.24. The smallest absolute Gasteiger partial charge is 0.311 e. The van der Waals surface area contributed by atoms with E-state index in [0.717, 1.165) is 43.4 Å². The molecule has 0 radical (unpaired) electrons. The zero-order valence-electron chi connectivity index (χ0n) is 18.0. The van der Waals surface area contributed by atoms with Crippen molar-refractivity contribution in [3.63, 3.8) is 0 Å². The van der Waals surface area contributed by atoms with Crippen LogP contribution >= 0.6 is 0 Å². The van der Waals surface area contributed by atoms with Gasteiger partial charge in [-0.05, 0) is 42.1 Å². The molecule has 0 bridgehead atoms.